The monoisotopic (exact) mass is 449 g/mol. The second-order valence-electron chi connectivity index (χ2n) is 8.84. The molecule has 1 aliphatic heterocycles. The van der Waals surface area contributed by atoms with Crippen molar-refractivity contribution in [2.45, 2.75) is 58.5 Å². The molecular weight excluding hydrogens is 414 g/mol. The summed E-state index contributed by atoms with van der Waals surface area (Å²) in [6.45, 7) is 7.52. The number of nitrogens with one attached hydrogen (secondary N) is 1. The summed E-state index contributed by atoms with van der Waals surface area (Å²) in [4.78, 5) is 41.8. The zero-order valence-electron chi connectivity index (χ0n) is 19.9. The van der Waals surface area contributed by atoms with Crippen LogP contribution in [-0.4, -0.2) is 53.2 Å². The molecule has 176 valence electrons. The lowest BCUT2D eigenvalue weighted by Gasteiger charge is -2.39. The van der Waals surface area contributed by atoms with E-state index >= 15 is 0 Å². The maximum absolute atomic E-state index is 13.4. The van der Waals surface area contributed by atoms with Crippen LogP contribution in [-0.2, 0) is 9.59 Å². The Bertz CT molecular complexity index is 935. The number of carbonyl (C=O) groups is 3. The topological polar surface area (TPSA) is 69.7 Å². The van der Waals surface area contributed by atoms with Crippen LogP contribution in [0.15, 0.2) is 54.6 Å². The molecule has 3 rings (SSSR count). The number of hydrogen-bond acceptors (Lipinski definition) is 3. The van der Waals surface area contributed by atoms with E-state index in [1.165, 1.54) is 6.92 Å². The van der Waals surface area contributed by atoms with Gasteiger partial charge in [0.2, 0.25) is 11.8 Å². The highest BCUT2D eigenvalue weighted by molar-refractivity contribution is 5.94. The van der Waals surface area contributed by atoms with Crippen LogP contribution in [0.25, 0.3) is 0 Å². The summed E-state index contributed by atoms with van der Waals surface area (Å²) in [5.41, 5.74) is 2.77. The molecule has 0 aliphatic carbocycles. The van der Waals surface area contributed by atoms with Gasteiger partial charge in [-0.3, -0.25) is 14.4 Å². The molecule has 6 heteroatoms. The molecule has 0 spiro atoms. The standard InChI is InChI=1S/C27H35N3O3/c1-4-16-30(24-14-17-29(18-15-24)27(33)23-8-6-5-7-9-23)26(32)19-25(28-21(3)31)22-12-10-20(2)11-13-22/h5-13,24-25H,4,14-19H2,1-3H3,(H,28,31). The van der Waals surface area contributed by atoms with Crippen LogP contribution in [0.1, 0.15) is 67.1 Å². The number of rotatable bonds is 8. The Morgan fingerprint density at radius 1 is 1.03 bits per heavy atom. The highest BCUT2D eigenvalue weighted by atomic mass is 16.2. The minimum absolute atomic E-state index is 0.0454. The van der Waals surface area contributed by atoms with Crippen molar-refractivity contribution in [3.05, 3.63) is 71.3 Å². The van der Waals surface area contributed by atoms with Gasteiger partial charge in [-0.1, -0.05) is 55.0 Å². The molecule has 2 aromatic rings. The minimum Gasteiger partial charge on any atom is -0.349 e. The number of hydrogen-bond donors (Lipinski definition) is 1. The number of likely N-dealkylation sites (tertiary alicyclic amines) is 1. The molecule has 0 radical (unpaired) electrons. The fraction of sp³-hybridized carbons (Fsp3) is 0.444. The van der Waals surface area contributed by atoms with Gasteiger partial charge in [-0.2, -0.15) is 0 Å². The van der Waals surface area contributed by atoms with E-state index in [-0.39, 0.29) is 36.2 Å². The van der Waals surface area contributed by atoms with Gasteiger partial charge < -0.3 is 15.1 Å². The predicted octanol–water partition coefficient (Wildman–Crippen LogP) is 4.11. The summed E-state index contributed by atoms with van der Waals surface area (Å²) in [6.07, 6.45) is 2.62. The van der Waals surface area contributed by atoms with Gasteiger partial charge >= 0.3 is 0 Å². The lowest BCUT2D eigenvalue weighted by molar-refractivity contribution is -0.135. The largest absolute Gasteiger partial charge is 0.349 e. The smallest absolute Gasteiger partial charge is 0.253 e. The summed E-state index contributed by atoms with van der Waals surface area (Å²) in [5, 5.41) is 2.95. The molecule has 1 unspecified atom stereocenters. The fourth-order valence-corrected chi connectivity index (χ4v) is 4.48. The van der Waals surface area contributed by atoms with E-state index in [2.05, 4.69) is 12.2 Å². The van der Waals surface area contributed by atoms with Crippen LogP contribution in [0.5, 0.6) is 0 Å². The summed E-state index contributed by atoms with van der Waals surface area (Å²) in [5.74, 6) is -0.0559. The predicted molar refractivity (Wildman–Crippen MR) is 130 cm³/mol. The Kier molecular flexibility index (Phi) is 8.64. The average molecular weight is 450 g/mol. The van der Waals surface area contributed by atoms with E-state index in [4.69, 9.17) is 0 Å². The first kappa shape index (κ1) is 24.5. The first-order valence-electron chi connectivity index (χ1n) is 11.9. The molecule has 1 N–H and O–H groups in total. The Morgan fingerprint density at radius 3 is 2.24 bits per heavy atom. The number of benzene rings is 2. The van der Waals surface area contributed by atoms with E-state index in [0.717, 1.165) is 30.4 Å². The lowest BCUT2D eigenvalue weighted by atomic mass is 9.98. The van der Waals surface area contributed by atoms with Gasteiger partial charge in [-0.25, -0.2) is 0 Å². The summed E-state index contributed by atoms with van der Waals surface area (Å²) in [6, 6.07) is 17.0. The number of amides is 3. The third kappa shape index (κ3) is 6.67. The second-order valence-corrected chi connectivity index (χ2v) is 8.84. The van der Waals surface area contributed by atoms with Gasteiger partial charge in [0.05, 0.1) is 12.5 Å². The molecule has 33 heavy (non-hydrogen) atoms. The number of carbonyl (C=O) groups excluding carboxylic acids is 3. The molecule has 0 aromatic heterocycles. The lowest BCUT2D eigenvalue weighted by Crippen LogP contribution is -2.49. The Morgan fingerprint density at radius 2 is 1.67 bits per heavy atom. The van der Waals surface area contributed by atoms with Crippen molar-refractivity contribution >= 4 is 17.7 Å². The average Bonchev–Trinajstić information content (AvgIpc) is 2.82. The molecule has 1 fully saturated rings. The number of piperidine rings is 1. The second kappa shape index (κ2) is 11.6. The molecule has 1 atom stereocenters. The van der Waals surface area contributed by atoms with Gasteiger partial charge in [0, 0.05) is 38.2 Å². The zero-order chi connectivity index (χ0) is 23.8. The normalized spacial score (nSPS) is 15.1. The van der Waals surface area contributed by atoms with Gasteiger partial charge in [0.1, 0.15) is 0 Å². The SMILES string of the molecule is CCCN(C(=O)CC(NC(C)=O)c1ccc(C)cc1)C1CCN(C(=O)c2ccccc2)CC1. The van der Waals surface area contributed by atoms with Crippen molar-refractivity contribution in [3.63, 3.8) is 0 Å². The summed E-state index contributed by atoms with van der Waals surface area (Å²) >= 11 is 0. The molecule has 0 saturated carbocycles. The minimum atomic E-state index is -0.352. The van der Waals surface area contributed by atoms with Crippen LogP contribution in [0, 0.1) is 6.92 Å². The molecule has 2 aromatic carbocycles. The molecular formula is C27H35N3O3. The van der Waals surface area contributed by atoms with Crippen LogP contribution < -0.4 is 5.32 Å². The van der Waals surface area contributed by atoms with E-state index in [9.17, 15) is 14.4 Å². The molecule has 1 saturated heterocycles. The quantitative estimate of drug-likeness (QED) is 0.660. The van der Waals surface area contributed by atoms with Crippen molar-refractivity contribution < 1.29 is 14.4 Å². The fourth-order valence-electron chi connectivity index (χ4n) is 4.48. The van der Waals surface area contributed by atoms with Gasteiger partial charge in [-0.05, 0) is 43.9 Å². The van der Waals surface area contributed by atoms with Crippen molar-refractivity contribution in [3.8, 4) is 0 Å². The Labute approximate surface area is 197 Å². The number of nitrogens with zero attached hydrogens (tertiary/aromatic N) is 2. The van der Waals surface area contributed by atoms with Gasteiger partial charge in [0.25, 0.3) is 5.91 Å². The van der Waals surface area contributed by atoms with Crippen LogP contribution in [0.3, 0.4) is 0 Å². The molecule has 0 bridgehead atoms. The van der Waals surface area contributed by atoms with Crippen LogP contribution in [0.4, 0.5) is 0 Å². The first-order valence-corrected chi connectivity index (χ1v) is 11.9. The first-order chi connectivity index (χ1) is 15.9. The van der Waals surface area contributed by atoms with Crippen LogP contribution in [0.2, 0.25) is 0 Å². The molecule has 6 nitrogen and oxygen atoms in total. The maximum Gasteiger partial charge on any atom is 0.253 e. The summed E-state index contributed by atoms with van der Waals surface area (Å²) in [7, 11) is 0. The van der Waals surface area contributed by atoms with Crippen molar-refractivity contribution in [1.29, 1.82) is 0 Å². The third-order valence-electron chi connectivity index (χ3n) is 6.23. The molecule has 1 aliphatic rings. The summed E-state index contributed by atoms with van der Waals surface area (Å²) < 4.78 is 0. The maximum atomic E-state index is 13.4. The van der Waals surface area contributed by atoms with E-state index < -0.39 is 0 Å². The Hall–Kier alpha value is -3.15. The molecule has 3 amide bonds. The van der Waals surface area contributed by atoms with E-state index in [1.54, 1.807) is 0 Å². The van der Waals surface area contributed by atoms with E-state index in [1.807, 2.05) is 71.3 Å². The molecule has 1 heterocycles. The van der Waals surface area contributed by atoms with Gasteiger partial charge in [0.15, 0.2) is 0 Å². The third-order valence-corrected chi connectivity index (χ3v) is 6.23. The Balaban J connectivity index is 1.66. The number of aryl methyl sites for hydroxylation is 1. The highest BCUT2D eigenvalue weighted by Crippen LogP contribution is 2.24. The highest BCUT2D eigenvalue weighted by Gasteiger charge is 2.31. The van der Waals surface area contributed by atoms with E-state index in [0.29, 0.717) is 25.2 Å². The van der Waals surface area contributed by atoms with Crippen molar-refractivity contribution in [1.82, 2.24) is 15.1 Å². The van der Waals surface area contributed by atoms with Crippen molar-refractivity contribution in [2.24, 2.45) is 0 Å². The zero-order valence-corrected chi connectivity index (χ0v) is 19.9. The van der Waals surface area contributed by atoms with Crippen molar-refractivity contribution in [2.75, 3.05) is 19.6 Å². The van der Waals surface area contributed by atoms with Gasteiger partial charge in [-0.15, -0.1) is 0 Å². The van der Waals surface area contributed by atoms with Crippen LogP contribution >= 0.6 is 0 Å².